The summed E-state index contributed by atoms with van der Waals surface area (Å²) in [5.41, 5.74) is 4.58. The molecular weight excluding hydrogens is 360 g/mol. The van der Waals surface area contributed by atoms with E-state index in [1.54, 1.807) is 12.1 Å². The number of carbonyl (C=O) groups is 1. The highest BCUT2D eigenvalue weighted by Gasteiger charge is 2.11. The molecule has 0 saturated heterocycles. The first-order valence-corrected chi connectivity index (χ1v) is 10.0. The van der Waals surface area contributed by atoms with Crippen LogP contribution in [0.1, 0.15) is 33.8 Å². The lowest BCUT2D eigenvalue weighted by molar-refractivity contribution is 0.0953. The predicted octanol–water partition coefficient (Wildman–Crippen LogP) is 4.98. The lowest BCUT2D eigenvalue weighted by Crippen LogP contribution is -2.24. The fourth-order valence-electron chi connectivity index (χ4n) is 3.36. The summed E-state index contributed by atoms with van der Waals surface area (Å²) in [4.78, 5) is 17.0. The maximum absolute atomic E-state index is 12.4. The van der Waals surface area contributed by atoms with Gasteiger partial charge in [-0.3, -0.25) is 4.79 Å². The summed E-state index contributed by atoms with van der Waals surface area (Å²) in [5, 5.41) is 2.99. The molecule has 0 aliphatic heterocycles. The summed E-state index contributed by atoms with van der Waals surface area (Å²) >= 11 is 0. The first kappa shape index (κ1) is 18.9. The van der Waals surface area contributed by atoms with E-state index in [1.165, 1.54) is 11.1 Å². The molecule has 146 valence electrons. The minimum absolute atomic E-state index is 0.0813. The highest BCUT2D eigenvalue weighted by atomic mass is 16.3. The fourth-order valence-corrected chi connectivity index (χ4v) is 3.36. The fraction of sp³-hybridized carbons (Fsp3) is 0.200. The molecule has 0 radical (unpaired) electrons. The van der Waals surface area contributed by atoms with Crippen molar-refractivity contribution in [3.05, 3.63) is 101 Å². The summed E-state index contributed by atoms with van der Waals surface area (Å²) in [7, 11) is 0. The zero-order valence-corrected chi connectivity index (χ0v) is 16.3. The smallest absolute Gasteiger partial charge is 0.251 e. The van der Waals surface area contributed by atoms with Gasteiger partial charge >= 0.3 is 0 Å². The Hall–Kier alpha value is -3.40. The maximum atomic E-state index is 12.4. The molecule has 0 spiro atoms. The third kappa shape index (κ3) is 5.11. The molecule has 3 aromatic carbocycles. The first-order chi connectivity index (χ1) is 14.3. The van der Waals surface area contributed by atoms with Crippen LogP contribution in [-0.2, 0) is 19.3 Å². The van der Waals surface area contributed by atoms with Gasteiger partial charge in [-0.1, -0.05) is 60.7 Å². The highest BCUT2D eigenvalue weighted by Crippen LogP contribution is 2.19. The molecule has 1 aromatic heterocycles. The Morgan fingerprint density at radius 3 is 2.24 bits per heavy atom. The summed E-state index contributed by atoms with van der Waals surface area (Å²) in [5.74, 6) is 0.617. The summed E-state index contributed by atoms with van der Waals surface area (Å²) in [6, 6.07) is 26.0. The number of nitrogens with one attached hydrogen (secondary N) is 1. The van der Waals surface area contributed by atoms with Crippen molar-refractivity contribution in [1.29, 1.82) is 0 Å². The molecule has 0 bridgehead atoms. The van der Waals surface area contributed by atoms with Crippen LogP contribution in [0.15, 0.2) is 83.3 Å². The van der Waals surface area contributed by atoms with Crippen LogP contribution in [-0.4, -0.2) is 17.4 Å². The van der Waals surface area contributed by atoms with Gasteiger partial charge in [0.15, 0.2) is 11.5 Å². The third-order valence-corrected chi connectivity index (χ3v) is 4.94. The molecule has 1 heterocycles. The van der Waals surface area contributed by atoms with E-state index in [0.717, 1.165) is 31.2 Å². The number of carbonyl (C=O) groups excluding carboxylic acids is 1. The summed E-state index contributed by atoms with van der Waals surface area (Å²) in [6.45, 7) is 0.643. The Balaban J connectivity index is 1.32. The summed E-state index contributed by atoms with van der Waals surface area (Å²) < 4.78 is 5.87. The molecule has 0 saturated carbocycles. The van der Waals surface area contributed by atoms with Crippen LogP contribution >= 0.6 is 0 Å². The third-order valence-electron chi connectivity index (χ3n) is 4.94. The van der Waals surface area contributed by atoms with Crippen molar-refractivity contribution in [2.24, 2.45) is 0 Å². The largest absolute Gasteiger partial charge is 0.441 e. The van der Waals surface area contributed by atoms with Gasteiger partial charge in [-0.15, -0.1) is 0 Å². The second-order valence-corrected chi connectivity index (χ2v) is 7.12. The Morgan fingerprint density at radius 2 is 1.52 bits per heavy atom. The van der Waals surface area contributed by atoms with E-state index in [4.69, 9.17) is 4.42 Å². The van der Waals surface area contributed by atoms with Crippen LogP contribution in [0.25, 0.3) is 11.1 Å². The molecular formula is C25H24N2O2. The van der Waals surface area contributed by atoms with Gasteiger partial charge in [0.25, 0.3) is 5.91 Å². The van der Waals surface area contributed by atoms with E-state index >= 15 is 0 Å². The van der Waals surface area contributed by atoms with Crippen molar-refractivity contribution in [3.8, 4) is 0 Å². The average Bonchev–Trinajstić information content (AvgIpc) is 3.19. The monoisotopic (exact) mass is 384 g/mol. The molecule has 0 unspecified atom stereocenters. The van der Waals surface area contributed by atoms with Gasteiger partial charge in [0, 0.05) is 18.5 Å². The topological polar surface area (TPSA) is 55.1 Å². The number of hydrogen-bond donors (Lipinski definition) is 1. The molecule has 1 amide bonds. The van der Waals surface area contributed by atoms with E-state index in [-0.39, 0.29) is 5.91 Å². The molecule has 1 N–H and O–H groups in total. The number of fused-ring (bicyclic) bond motifs is 1. The zero-order valence-electron chi connectivity index (χ0n) is 16.3. The lowest BCUT2D eigenvalue weighted by atomic mass is 10.1. The molecule has 0 aliphatic rings. The number of aryl methyl sites for hydroxylation is 3. The minimum atomic E-state index is -0.0813. The van der Waals surface area contributed by atoms with Crippen molar-refractivity contribution in [3.63, 3.8) is 0 Å². The molecule has 29 heavy (non-hydrogen) atoms. The highest BCUT2D eigenvalue weighted by molar-refractivity contribution is 5.97. The molecule has 4 aromatic rings. The second-order valence-electron chi connectivity index (χ2n) is 7.12. The van der Waals surface area contributed by atoms with Gasteiger partial charge in [0.05, 0.1) is 0 Å². The van der Waals surface area contributed by atoms with Crippen molar-refractivity contribution in [1.82, 2.24) is 10.3 Å². The van der Waals surface area contributed by atoms with Crippen molar-refractivity contribution in [2.45, 2.75) is 25.7 Å². The Labute approximate surface area is 170 Å². The van der Waals surface area contributed by atoms with Crippen LogP contribution in [0.2, 0.25) is 0 Å². The number of benzene rings is 3. The predicted molar refractivity (Wildman–Crippen MR) is 115 cm³/mol. The molecule has 0 aliphatic carbocycles. The van der Waals surface area contributed by atoms with Gasteiger partial charge in [-0.05, 0) is 48.6 Å². The van der Waals surface area contributed by atoms with Crippen LogP contribution in [0, 0.1) is 0 Å². The quantitative estimate of drug-likeness (QED) is 0.436. The number of nitrogens with zero attached hydrogens (tertiary/aromatic N) is 1. The van der Waals surface area contributed by atoms with E-state index < -0.39 is 0 Å². The van der Waals surface area contributed by atoms with Crippen LogP contribution in [0.4, 0.5) is 0 Å². The minimum Gasteiger partial charge on any atom is -0.441 e. The van der Waals surface area contributed by atoms with E-state index in [9.17, 15) is 4.79 Å². The number of hydrogen-bond acceptors (Lipinski definition) is 3. The van der Waals surface area contributed by atoms with Crippen molar-refractivity contribution < 1.29 is 9.21 Å². The molecule has 4 nitrogen and oxygen atoms in total. The second kappa shape index (κ2) is 9.20. The van der Waals surface area contributed by atoms with Crippen LogP contribution < -0.4 is 5.32 Å². The number of oxazole rings is 1. The number of amides is 1. The molecule has 4 rings (SSSR count). The maximum Gasteiger partial charge on any atom is 0.251 e. The zero-order chi connectivity index (χ0) is 19.9. The standard InChI is InChI=1S/C25H24N2O2/c28-25(26-17-7-12-19-8-3-1-4-9-19)21-14-15-22-23(18-21)29-24(27-22)16-13-20-10-5-2-6-11-20/h1-6,8-11,14-15,18H,7,12-13,16-17H2,(H,26,28). The molecule has 0 atom stereocenters. The van der Waals surface area contributed by atoms with Gasteiger partial charge < -0.3 is 9.73 Å². The number of aromatic nitrogens is 1. The van der Waals surface area contributed by atoms with Gasteiger partial charge in [-0.2, -0.15) is 0 Å². The van der Waals surface area contributed by atoms with E-state index in [0.29, 0.717) is 23.6 Å². The van der Waals surface area contributed by atoms with Crippen molar-refractivity contribution in [2.75, 3.05) is 6.54 Å². The van der Waals surface area contributed by atoms with Gasteiger partial charge in [0.1, 0.15) is 5.52 Å². The lowest BCUT2D eigenvalue weighted by Gasteiger charge is -2.05. The van der Waals surface area contributed by atoms with Crippen LogP contribution in [0.3, 0.4) is 0 Å². The Morgan fingerprint density at radius 1 is 0.828 bits per heavy atom. The summed E-state index contributed by atoms with van der Waals surface area (Å²) in [6.07, 6.45) is 3.47. The Kier molecular flexibility index (Phi) is 6.01. The molecule has 4 heteroatoms. The number of rotatable bonds is 8. The van der Waals surface area contributed by atoms with Crippen molar-refractivity contribution >= 4 is 17.0 Å². The molecule has 0 fully saturated rings. The SMILES string of the molecule is O=C(NCCCc1ccccc1)c1ccc2nc(CCc3ccccc3)oc2c1. The van der Waals surface area contributed by atoms with Gasteiger partial charge in [0.2, 0.25) is 0 Å². The van der Waals surface area contributed by atoms with E-state index in [1.807, 2.05) is 42.5 Å². The average molecular weight is 384 g/mol. The Bertz CT molecular complexity index is 1070. The first-order valence-electron chi connectivity index (χ1n) is 10.0. The van der Waals surface area contributed by atoms with E-state index in [2.05, 4.69) is 34.6 Å². The van der Waals surface area contributed by atoms with Crippen LogP contribution in [0.5, 0.6) is 0 Å². The normalized spacial score (nSPS) is 10.9. The van der Waals surface area contributed by atoms with Gasteiger partial charge in [-0.25, -0.2) is 4.98 Å².